The highest BCUT2D eigenvalue weighted by molar-refractivity contribution is 8.01. The molecular weight excluding hydrogens is 427 g/mol. The van der Waals surface area contributed by atoms with Gasteiger partial charge in [0.25, 0.3) is 0 Å². The molecule has 0 aliphatic rings. The van der Waals surface area contributed by atoms with E-state index in [0.717, 1.165) is 11.3 Å². The Kier molecular flexibility index (Phi) is 7.01. The summed E-state index contributed by atoms with van der Waals surface area (Å²) >= 11 is 14.8. The molecule has 10 heteroatoms. The van der Waals surface area contributed by atoms with Gasteiger partial charge in [0, 0.05) is 10.0 Å². The van der Waals surface area contributed by atoms with Crippen LogP contribution in [0.2, 0.25) is 10.0 Å². The van der Waals surface area contributed by atoms with E-state index >= 15 is 0 Å². The van der Waals surface area contributed by atoms with Gasteiger partial charge in [-0.25, -0.2) is 0 Å². The fraction of sp³-hybridized carbons (Fsp3) is 0.235. The van der Waals surface area contributed by atoms with Gasteiger partial charge in [-0.1, -0.05) is 52.4 Å². The molecule has 0 fully saturated rings. The molecule has 1 amide bonds. The van der Waals surface area contributed by atoms with Crippen LogP contribution in [0.5, 0.6) is 0 Å². The van der Waals surface area contributed by atoms with Gasteiger partial charge in [0.05, 0.1) is 24.6 Å². The third-order valence-corrected chi connectivity index (χ3v) is 6.11. The molecule has 2 N–H and O–H groups in total. The molecule has 2 aromatic heterocycles. The number of thioether (sulfide) groups is 1. The number of carbonyl (C=O) groups excluding carboxylic acids is 1. The summed E-state index contributed by atoms with van der Waals surface area (Å²) in [5.74, 6) is 0.940. The van der Waals surface area contributed by atoms with Crippen LogP contribution >= 0.6 is 46.3 Å². The second-order valence-electron chi connectivity index (χ2n) is 5.55. The molecule has 1 aromatic carbocycles. The minimum Gasteiger partial charge on any atom is -0.467 e. The zero-order valence-electron chi connectivity index (χ0n) is 14.2. The maximum Gasteiger partial charge on any atom is 0.230 e. The predicted octanol–water partition coefficient (Wildman–Crippen LogP) is 5.02. The van der Waals surface area contributed by atoms with Crippen LogP contribution in [-0.2, 0) is 11.3 Å². The van der Waals surface area contributed by atoms with Crippen molar-refractivity contribution in [2.45, 2.75) is 23.8 Å². The number of amides is 1. The van der Waals surface area contributed by atoms with E-state index in [1.165, 1.54) is 23.1 Å². The summed E-state index contributed by atoms with van der Waals surface area (Å²) in [6.45, 7) is 2.41. The molecule has 27 heavy (non-hydrogen) atoms. The SMILES string of the molecule is CC(NC(=O)CSc1nnc(NCc2ccco2)s1)c1ccc(Cl)cc1Cl. The Balaban J connectivity index is 1.46. The van der Waals surface area contributed by atoms with Crippen molar-refractivity contribution in [3.05, 3.63) is 58.0 Å². The van der Waals surface area contributed by atoms with Crippen molar-refractivity contribution in [1.29, 1.82) is 0 Å². The van der Waals surface area contributed by atoms with E-state index in [2.05, 4.69) is 20.8 Å². The Morgan fingerprint density at radius 1 is 1.33 bits per heavy atom. The average molecular weight is 443 g/mol. The fourth-order valence-electron chi connectivity index (χ4n) is 2.26. The number of benzene rings is 1. The maximum absolute atomic E-state index is 12.2. The van der Waals surface area contributed by atoms with E-state index in [1.54, 1.807) is 18.4 Å². The molecule has 0 spiro atoms. The summed E-state index contributed by atoms with van der Waals surface area (Å²) in [5.41, 5.74) is 0.819. The molecule has 3 rings (SSSR count). The van der Waals surface area contributed by atoms with Crippen LogP contribution in [0.1, 0.15) is 24.3 Å². The van der Waals surface area contributed by atoms with Crippen LogP contribution in [0.4, 0.5) is 5.13 Å². The van der Waals surface area contributed by atoms with Crippen molar-refractivity contribution >= 4 is 57.3 Å². The lowest BCUT2D eigenvalue weighted by Gasteiger charge is -2.15. The summed E-state index contributed by atoms with van der Waals surface area (Å²) in [7, 11) is 0. The highest BCUT2D eigenvalue weighted by atomic mass is 35.5. The van der Waals surface area contributed by atoms with E-state index in [4.69, 9.17) is 27.6 Å². The fourth-order valence-corrected chi connectivity index (χ4v) is 4.39. The minimum absolute atomic E-state index is 0.112. The van der Waals surface area contributed by atoms with Gasteiger partial charge in [-0.15, -0.1) is 10.2 Å². The third kappa shape index (κ3) is 5.87. The van der Waals surface area contributed by atoms with Crippen LogP contribution in [0.25, 0.3) is 0 Å². The van der Waals surface area contributed by atoms with Crippen molar-refractivity contribution in [2.75, 3.05) is 11.1 Å². The zero-order valence-corrected chi connectivity index (χ0v) is 17.4. The standard InChI is InChI=1S/C17H16Cl2N4O2S2/c1-10(13-5-4-11(18)7-14(13)19)21-15(24)9-26-17-23-22-16(27-17)20-8-12-3-2-6-25-12/h2-7,10H,8-9H2,1H3,(H,20,22)(H,21,24). The van der Waals surface area contributed by atoms with E-state index in [-0.39, 0.29) is 17.7 Å². The number of hydrogen-bond donors (Lipinski definition) is 2. The van der Waals surface area contributed by atoms with Gasteiger partial charge >= 0.3 is 0 Å². The number of carbonyl (C=O) groups is 1. The van der Waals surface area contributed by atoms with Crippen molar-refractivity contribution in [3.63, 3.8) is 0 Å². The van der Waals surface area contributed by atoms with Crippen LogP contribution in [0.3, 0.4) is 0 Å². The van der Waals surface area contributed by atoms with Gasteiger partial charge in [0.1, 0.15) is 5.76 Å². The van der Waals surface area contributed by atoms with Crippen LogP contribution in [-0.4, -0.2) is 21.9 Å². The number of aromatic nitrogens is 2. The molecule has 0 aliphatic heterocycles. The lowest BCUT2D eigenvalue weighted by Crippen LogP contribution is -2.28. The van der Waals surface area contributed by atoms with E-state index in [0.29, 0.717) is 26.1 Å². The van der Waals surface area contributed by atoms with Crippen molar-refractivity contribution < 1.29 is 9.21 Å². The first-order valence-electron chi connectivity index (χ1n) is 7.98. The molecule has 1 unspecified atom stereocenters. The number of hydrogen-bond acceptors (Lipinski definition) is 7. The van der Waals surface area contributed by atoms with Crippen LogP contribution in [0.15, 0.2) is 45.4 Å². The number of nitrogens with one attached hydrogen (secondary N) is 2. The topological polar surface area (TPSA) is 80.0 Å². The number of anilines is 1. The van der Waals surface area contributed by atoms with Crippen molar-refractivity contribution in [3.8, 4) is 0 Å². The molecule has 0 saturated heterocycles. The average Bonchev–Trinajstić information content (AvgIpc) is 3.29. The van der Waals surface area contributed by atoms with Gasteiger partial charge in [-0.2, -0.15) is 0 Å². The first-order valence-corrected chi connectivity index (χ1v) is 10.5. The Bertz CT molecular complexity index is 902. The molecule has 2 heterocycles. The molecule has 6 nitrogen and oxygen atoms in total. The molecule has 142 valence electrons. The van der Waals surface area contributed by atoms with E-state index in [9.17, 15) is 4.79 Å². The Morgan fingerprint density at radius 2 is 2.19 bits per heavy atom. The Hall–Kier alpha value is -1.74. The summed E-state index contributed by atoms with van der Waals surface area (Å²) in [6, 6.07) is 8.71. The second-order valence-corrected chi connectivity index (χ2v) is 8.59. The highest BCUT2D eigenvalue weighted by Crippen LogP contribution is 2.28. The zero-order chi connectivity index (χ0) is 19.2. The van der Waals surface area contributed by atoms with E-state index < -0.39 is 0 Å². The van der Waals surface area contributed by atoms with Crippen LogP contribution < -0.4 is 10.6 Å². The summed E-state index contributed by atoms with van der Waals surface area (Å²) < 4.78 is 5.96. The number of furan rings is 1. The second kappa shape index (κ2) is 9.45. The Labute approximate surface area is 174 Å². The lowest BCUT2D eigenvalue weighted by atomic mass is 10.1. The number of nitrogens with zero attached hydrogens (tertiary/aromatic N) is 2. The van der Waals surface area contributed by atoms with Crippen molar-refractivity contribution in [2.24, 2.45) is 0 Å². The summed E-state index contributed by atoms with van der Waals surface area (Å²) in [5, 5.41) is 15.9. The largest absolute Gasteiger partial charge is 0.467 e. The smallest absolute Gasteiger partial charge is 0.230 e. The predicted molar refractivity (Wildman–Crippen MR) is 110 cm³/mol. The van der Waals surface area contributed by atoms with Crippen molar-refractivity contribution in [1.82, 2.24) is 15.5 Å². The van der Waals surface area contributed by atoms with Crippen LogP contribution in [0, 0.1) is 0 Å². The molecule has 1 atom stereocenters. The van der Waals surface area contributed by atoms with Gasteiger partial charge < -0.3 is 15.1 Å². The molecule has 0 aliphatic carbocycles. The lowest BCUT2D eigenvalue weighted by molar-refractivity contribution is -0.119. The number of rotatable bonds is 8. The molecule has 0 radical (unpaired) electrons. The monoisotopic (exact) mass is 442 g/mol. The molecule has 3 aromatic rings. The number of halogens is 2. The summed E-state index contributed by atoms with van der Waals surface area (Å²) in [4.78, 5) is 12.2. The summed E-state index contributed by atoms with van der Waals surface area (Å²) in [6.07, 6.45) is 1.62. The molecule has 0 bridgehead atoms. The van der Waals surface area contributed by atoms with E-state index in [1.807, 2.05) is 25.1 Å². The quantitative estimate of drug-likeness (QED) is 0.476. The van der Waals surface area contributed by atoms with Gasteiger partial charge in [-0.05, 0) is 36.8 Å². The molecular formula is C17H16Cl2N4O2S2. The normalized spacial score (nSPS) is 12.0. The first kappa shape index (κ1) is 20.0. The third-order valence-electron chi connectivity index (χ3n) is 3.53. The first-order chi connectivity index (χ1) is 13.0. The minimum atomic E-state index is -0.220. The van der Waals surface area contributed by atoms with Gasteiger partial charge in [-0.3, -0.25) is 4.79 Å². The van der Waals surface area contributed by atoms with Gasteiger partial charge in [0.2, 0.25) is 11.0 Å². The Morgan fingerprint density at radius 3 is 2.93 bits per heavy atom. The van der Waals surface area contributed by atoms with Gasteiger partial charge in [0.15, 0.2) is 4.34 Å². The molecule has 0 saturated carbocycles. The maximum atomic E-state index is 12.2. The highest BCUT2D eigenvalue weighted by Gasteiger charge is 2.14.